The van der Waals surface area contributed by atoms with E-state index in [9.17, 15) is 4.79 Å². The van der Waals surface area contributed by atoms with Crippen LogP contribution in [-0.4, -0.2) is 62.3 Å². The van der Waals surface area contributed by atoms with E-state index in [1.807, 2.05) is 31.4 Å². The summed E-state index contributed by atoms with van der Waals surface area (Å²) >= 11 is 0. The number of aromatic nitrogens is 4. The molecule has 0 N–H and O–H groups in total. The van der Waals surface area contributed by atoms with E-state index in [1.54, 1.807) is 17.1 Å². The van der Waals surface area contributed by atoms with Crippen molar-refractivity contribution in [2.45, 2.75) is 25.0 Å². The number of morpholine rings is 1. The fourth-order valence-corrected chi connectivity index (χ4v) is 4.03. The van der Waals surface area contributed by atoms with Gasteiger partial charge in [-0.3, -0.25) is 19.4 Å². The molecule has 5 rings (SSSR count). The van der Waals surface area contributed by atoms with E-state index in [0.29, 0.717) is 25.1 Å². The normalized spacial score (nSPS) is 22.0. The van der Waals surface area contributed by atoms with E-state index in [0.717, 1.165) is 47.4 Å². The summed E-state index contributed by atoms with van der Waals surface area (Å²) in [6.45, 7) is 2.11. The lowest BCUT2D eigenvalue weighted by Crippen LogP contribution is -2.40. The summed E-state index contributed by atoms with van der Waals surface area (Å²) in [6.07, 6.45) is 7.24. The molecule has 0 unspecified atom stereocenters. The first-order valence-electron chi connectivity index (χ1n) is 9.26. The number of pyridine rings is 2. The zero-order valence-electron chi connectivity index (χ0n) is 15.2. The van der Waals surface area contributed by atoms with Gasteiger partial charge in [0.05, 0.1) is 43.1 Å². The first-order valence-corrected chi connectivity index (χ1v) is 9.26. The van der Waals surface area contributed by atoms with Gasteiger partial charge in [-0.1, -0.05) is 0 Å². The molecule has 27 heavy (non-hydrogen) atoms. The van der Waals surface area contributed by atoms with Crippen LogP contribution in [0.3, 0.4) is 0 Å². The van der Waals surface area contributed by atoms with Gasteiger partial charge in [0.1, 0.15) is 0 Å². The molecule has 2 saturated heterocycles. The number of fused-ring (bicyclic) bond motifs is 3. The number of aryl methyl sites for hydroxylation is 1. The number of carbonyl (C=O) groups excluding carboxylic acids is 1. The fourth-order valence-electron chi connectivity index (χ4n) is 4.03. The van der Waals surface area contributed by atoms with Gasteiger partial charge in [-0.15, -0.1) is 0 Å². The van der Waals surface area contributed by atoms with Crippen LogP contribution in [0.15, 0.2) is 36.8 Å². The molecule has 0 aromatic carbocycles. The van der Waals surface area contributed by atoms with E-state index in [1.165, 1.54) is 0 Å². The molecule has 0 amide bonds. The fraction of sp³-hybridized carbons (Fsp3) is 0.400. The highest BCUT2D eigenvalue weighted by molar-refractivity contribution is 5.85. The third kappa shape index (κ3) is 3.24. The number of Topliss-reactive ketones (excluding diaryl/α,β-unsaturated/α-hetero) is 1. The van der Waals surface area contributed by atoms with Crippen LogP contribution in [0.5, 0.6) is 0 Å². The van der Waals surface area contributed by atoms with E-state index < -0.39 is 0 Å². The maximum Gasteiger partial charge on any atom is 0.152 e. The number of nitrogens with zero attached hydrogens (tertiary/aromatic N) is 5. The largest absolute Gasteiger partial charge is 0.375 e. The molecular weight excluding hydrogens is 342 g/mol. The third-order valence-corrected chi connectivity index (χ3v) is 5.40. The van der Waals surface area contributed by atoms with Crippen molar-refractivity contribution in [2.75, 3.05) is 19.7 Å². The Balaban J connectivity index is 1.33. The number of hydrogen-bond acceptors (Lipinski definition) is 6. The van der Waals surface area contributed by atoms with Gasteiger partial charge >= 0.3 is 0 Å². The maximum absolute atomic E-state index is 12.5. The molecule has 2 aliphatic rings. The topological polar surface area (TPSA) is 73.1 Å². The highest BCUT2D eigenvalue weighted by Gasteiger charge is 2.39. The number of hydrogen-bond donors (Lipinski definition) is 0. The van der Waals surface area contributed by atoms with Gasteiger partial charge in [0.15, 0.2) is 5.78 Å². The monoisotopic (exact) mass is 363 g/mol. The molecule has 0 radical (unpaired) electrons. The lowest BCUT2D eigenvalue weighted by atomic mass is 10.1. The molecule has 2 aliphatic heterocycles. The predicted octanol–water partition coefficient (Wildman–Crippen LogP) is 1.61. The molecule has 0 saturated carbocycles. The molecule has 0 spiro atoms. The quantitative estimate of drug-likeness (QED) is 0.686. The highest BCUT2D eigenvalue weighted by Crippen LogP contribution is 2.27. The summed E-state index contributed by atoms with van der Waals surface area (Å²) in [5.74, 6) is 0.192. The third-order valence-electron chi connectivity index (χ3n) is 5.40. The van der Waals surface area contributed by atoms with Crippen molar-refractivity contribution in [1.29, 1.82) is 0 Å². The van der Waals surface area contributed by atoms with Gasteiger partial charge in [-0.2, -0.15) is 5.10 Å². The molecule has 2 bridgehead atoms. The summed E-state index contributed by atoms with van der Waals surface area (Å²) in [5.41, 5.74) is 3.46. The van der Waals surface area contributed by atoms with Crippen LogP contribution in [0, 0.1) is 0 Å². The van der Waals surface area contributed by atoms with Gasteiger partial charge in [0.2, 0.25) is 0 Å². The molecule has 7 heteroatoms. The number of carbonyl (C=O) groups is 1. The van der Waals surface area contributed by atoms with Crippen LogP contribution in [0.25, 0.3) is 22.2 Å². The minimum atomic E-state index is 0.192. The van der Waals surface area contributed by atoms with E-state index >= 15 is 0 Å². The summed E-state index contributed by atoms with van der Waals surface area (Å²) in [7, 11) is 1.89. The molecule has 2 fully saturated rings. The van der Waals surface area contributed by atoms with Gasteiger partial charge in [0.25, 0.3) is 0 Å². The van der Waals surface area contributed by atoms with E-state index in [-0.39, 0.29) is 5.78 Å². The average Bonchev–Trinajstić information content (AvgIpc) is 3.38. The van der Waals surface area contributed by atoms with Gasteiger partial charge in [0, 0.05) is 48.7 Å². The summed E-state index contributed by atoms with van der Waals surface area (Å²) in [6, 6.07) is 6.31. The second-order valence-electron chi connectivity index (χ2n) is 7.46. The summed E-state index contributed by atoms with van der Waals surface area (Å²) in [5, 5.41) is 5.17. The number of ether oxygens (including phenoxy) is 1. The molecule has 3 aromatic rings. The number of likely N-dealkylation sites (tertiary alicyclic amines) is 1. The Morgan fingerprint density at radius 1 is 1.33 bits per heavy atom. The van der Waals surface area contributed by atoms with E-state index in [2.05, 4.69) is 15.0 Å². The van der Waals surface area contributed by atoms with Crippen LogP contribution in [0.4, 0.5) is 0 Å². The standard InChI is InChI=1S/C20H21N5O2/c1-24-9-14(8-22-24)19-3-2-13-7-21-15(5-20(13)23-19)4-17(26)10-25-11-18-6-16(25)12-27-18/h2-3,5,7-9,16,18H,4,6,10-12H2,1H3/t16-,18-/m0/s1. The summed E-state index contributed by atoms with van der Waals surface area (Å²) in [4.78, 5) is 23.9. The van der Waals surface area contributed by atoms with Crippen molar-refractivity contribution >= 4 is 16.7 Å². The first-order chi connectivity index (χ1) is 13.1. The van der Waals surface area contributed by atoms with Crippen molar-refractivity contribution in [3.63, 3.8) is 0 Å². The molecule has 2 atom stereocenters. The molecule has 138 valence electrons. The van der Waals surface area contributed by atoms with Crippen molar-refractivity contribution < 1.29 is 9.53 Å². The van der Waals surface area contributed by atoms with Crippen molar-refractivity contribution in [3.8, 4) is 11.3 Å². The Morgan fingerprint density at radius 2 is 2.26 bits per heavy atom. The second kappa shape index (κ2) is 6.51. The van der Waals surface area contributed by atoms with Gasteiger partial charge < -0.3 is 4.74 Å². The average molecular weight is 363 g/mol. The predicted molar refractivity (Wildman–Crippen MR) is 100 cm³/mol. The van der Waals surface area contributed by atoms with Crippen molar-refractivity contribution in [3.05, 3.63) is 42.5 Å². The van der Waals surface area contributed by atoms with Crippen LogP contribution < -0.4 is 0 Å². The maximum atomic E-state index is 12.5. The Morgan fingerprint density at radius 3 is 3.00 bits per heavy atom. The smallest absolute Gasteiger partial charge is 0.152 e. The molecular formula is C20H21N5O2. The van der Waals surface area contributed by atoms with Crippen molar-refractivity contribution in [1.82, 2.24) is 24.6 Å². The van der Waals surface area contributed by atoms with Gasteiger partial charge in [-0.05, 0) is 24.6 Å². The second-order valence-corrected chi connectivity index (χ2v) is 7.46. The van der Waals surface area contributed by atoms with E-state index in [4.69, 9.17) is 9.72 Å². The Hall–Kier alpha value is -2.64. The summed E-state index contributed by atoms with van der Waals surface area (Å²) < 4.78 is 7.36. The number of rotatable bonds is 5. The zero-order valence-corrected chi connectivity index (χ0v) is 15.2. The lowest BCUT2D eigenvalue weighted by molar-refractivity contribution is -0.120. The SMILES string of the molecule is Cn1cc(-c2ccc3cnc(CC(=O)CN4C[C@@H]5C[C@H]4CO5)cc3n2)cn1. The molecule has 7 nitrogen and oxygen atoms in total. The lowest BCUT2D eigenvalue weighted by Gasteiger charge is -2.25. The van der Waals surface area contributed by atoms with Crippen LogP contribution in [0.2, 0.25) is 0 Å². The Kier molecular flexibility index (Phi) is 3.98. The Bertz CT molecular complexity index is 1010. The number of ketones is 1. The first kappa shape index (κ1) is 16.5. The zero-order chi connectivity index (χ0) is 18.4. The highest BCUT2D eigenvalue weighted by atomic mass is 16.5. The molecule has 0 aliphatic carbocycles. The van der Waals surface area contributed by atoms with Crippen LogP contribution >= 0.6 is 0 Å². The van der Waals surface area contributed by atoms with Crippen molar-refractivity contribution in [2.24, 2.45) is 7.05 Å². The van der Waals surface area contributed by atoms with Crippen LogP contribution in [-0.2, 0) is 23.0 Å². The minimum Gasteiger partial charge on any atom is -0.375 e. The van der Waals surface area contributed by atoms with Gasteiger partial charge in [-0.25, -0.2) is 4.98 Å². The van der Waals surface area contributed by atoms with Crippen LogP contribution in [0.1, 0.15) is 12.1 Å². The Labute approximate surface area is 157 Å². The molecule has 3 aromatic heterocycles. The molecule has 5 heterocycles. The minimum absolute atomic E-state index is 0.192.